The van der Waals surface area contributed by atoms with Gasteiger partial charge in [0.2, 0.25) is 0 Å². The first-order chi connectivity index (χ1) is 7.66. The topological polar surface area (TPSA) is 36.9 Å². The fourth-order valence-electron chi connectivity index (χ4n) is 0. The summed E-state index contributed by atoms with van der Waals surface area (Å²) >= 11 is 2.45. The van der Waals surface area contributed by atoms with Gasteiger partial charge in [-0.2, -0.15) is 0 Å². The summed E-state index contributed by atoms with van der Waals surface area (Å²) in [5.41, 5.74) is 0. The molecule has 0 amide bonds. The van der Waals surface area contributed by atoms with E-state index in [1.165, 1.54) is 0 Å². The van der Waals surface area contributed by atoms with Crippen LogP contribution in [0, 0.1) is 0 Å². The molecule has 0 unspecified atom stereocenters. The summed E-state index contributed by atoms with van der Waals surface area (Å²) in [5.74, 6) is 0. The quantitative estimate of drug-likeness (QED) is 0.406. The van der Waals surface area contributed by atoms with Crippen molar-refractivity contribution in [3.63, 3.8) is 0 Å². The van der Waals surface area contributed by atoms with E-state index in [-0.39, 0.29) is 0 Å². The zero-order chi connectivity index (χ0) is 13.7. The molecule has 0 aliphatic carbocycles. The van der Waals surface area contributed by atoms with Crippen molar-refractivity contribution in [1.29, 1.82) is 0 Å². The molecule has 0 aromatic heterocycles. The van der Waals surface area contributed by atoms with Gasteiger partial charge in [-0.1, -0.05) is 0 Å². The van der Waals surface area contributed by atoms with E-state index in [9.17, 15) is 0 Å². The van der Waals surface area contributed by atoms with Crippen LogP contribution in [0.15, 0.2) is 0 Å². The van der Waals surface area contributed by atoms with E-state index in [4.69, 9.17) is 15.1 Å². The Kier molecular flexibility index (Phi) is 72.2. The molecule has 0 aliphatic heterocycles. The van der Waals surface area contributed by atoms with Gasteiger partial charge >= 0.3 is 137 Å². The Morgan fingerprint density at radius 2 is 0.562 bits per heavy atom. The van der Waals surface area contributed by atoms with Crippen molar-refractivity contribution in [2.75, 3.05) is 26.4 Å². The van der Waals surface area contributed by atoms with Gasteiger partial charge in [0.05, 0.1) is 0 Å². The number of hydrogen-bond donors (Lipinski definition) is 0. The molecule has 0 saturated carbocycles. The second-order valence-electron chi connectivity index (χ2n) is 2.31. The molecule has 0 aliphatic rings. The van der Waals surface area contributed by atoms with Crippen molar-refractivity contribution < 1.29 is 15.1 Å². The van der Waals surface area contributed by atoms with Crippen LogP contribution < -0.4 is 0 Å². The first-order valence-electron chi connectivity index (χ1n) is 5.62. The summed E-state index contributed by atoms with van der Waals surface area (Å²) < 4.78 is 18.9. The third-order valence-electron chi connectivity index (χ3n) is 1.15. The molecule has 104 valence electrons. The summed E-state index contributed by atoms with van der Waals surface area (Å²) in [6.45, 7) is 11.6. The van der Waals surface area contributed by atoms with Crippen molar-refractivity contribution in [2.45, 2.75) is 27.7 Å². The average Bonchev–Trinajstić information content (AvgIpc) is 2.39. The Balaban J connectivity index is -0.0000000600. The molecule has 0 N–H and O–H groups in total. The predicted octanol–water partition coefficient (Wildman–Crippen LogP) is -2.79. The summed E-state index contributed by atoms with van der Waals surface area (Å²) in [7, 11) is 0. The molecule has 0 bridgehead atoms. The van der Waals surface area contributed by atoms with E-state index >= 15 is 0 Å². The SMILES string of the molecule is CC[O][GeH3].CC[O][GeH3].CC[O][GeH3].CC[O][GeH3]. The van der Waals surface area contributed by atoms with E-state index in [1.54, 1.807) is 0 Å². The van der Waals surface area contributed by atoms with Gasteiger partial charge in [0, 0.05) is 0 Å². The Hall–Kier alpha value is 2.01. The van der Waals surface area contributed by atoms with Crippen LogP contribution in [0.1, 0.15) is 27.7 Å². The third-order valence-corrected chi connectivity index (χ3v) is 6.00. The van der Waals surface area contributed by atoms with Crippen LogP contribution in [0.3, 0.4) is 0 Å². The van der Waals surface area contributed by atoms with Crippen LogP contribution in [0.5, 0.6) is 0 Å². The van der Waals surface area contributed by atoms with Crippen molar-refractivity contribution in [3.8, 4) is 0 Å². The van der Waals surface area contributed by atoms with Crippen LogP contribution in [-0.2, 0) is 15.1 Å². The normalized spacial score (nSPS) is 8.25. The van der Waals surface area contributed by atoms with E-state index in [0.29, 0.717) is 67.4 Å². The molecule has 0 heterocycles. The third kappa shape index (κ3) is 99.8. The summed E-state index contributed by atoms with van der Waals surface area (Å²) in [6.07, 6.45) is 0. The molecule has 0 rings (SSSR count). The first kappa shape index (κ1) is 26.6. The van der Waals surface area contributed by atoms with Gasteiger partial charge < -0.3 is 0 Å². The van der Waals surface area contributed by atoms with Gasteiger partial charge in [-0.05, 0) is 0 Å². The Labute approximate surface area is 136 Å². The Bertz CT molecular complexity index is 48.0. The monoisotopic (exact) mass is 488 g/mol. The summed E-state index contributed by atoms with van der Waals surface area (Å²) in [6, 6.07) is 0. The van der Waals surface area contributed by atoms with Gasteiger partial charge in [-0.3, -0.25) is 0 Å². The van der Waals surface area contributed by atoms with Crippen LogP contribution in [0.2, 0.25) is 0 Å². The molecule has 0 spiro atoms. The standard InChI is InChI=1S/4C2H8GeO/c4*1-2-4-3/h4*2H2,1,3H3. The van der Waals surface area contributed by atoms with E-state index in [1.807, 2.05) is 27.7 Å². The van der Waals surface area contributed by atoms with Gasteiger partial charge in [0.25, 0.3) is 0 Å². The maximum atomic E-state index is 4.73. The van der Waals surface area contributed by atoms with Crippen LogP contribution in [0.25, 0.3) is 0 Å². The van der Waals surface area contributed by atoms with Crippen molar-refractivity contribution in [2.24, 2.45) is 0 Å². The van der Waals surface area contributed by atoms with Crippen LogP contribution in [0.4, 0.5) is 0 Å². The fraction of sp³-hybridized carbons (Fsp3) is 1.00. The number of hydrogen-bond acceptors (Lipinski definition) is 4. The first-order valence-corrected chi connectivity index (χ1v) is 12.5. The molecule has 0 aromatic rings. The Morgan fingerprint density at radius 3 is 0.562 bits per heavy atom. The molecule has 0 saturated heterocycles. The van der Waals surface area contributed by atoms with Crippen LogP contribution in [-0.4, -0.2) is 93.8 Å². The van der Waals surface area contributed by atoms with Crippen molar-refractivity contribution >= 4 is 67.4 Å². The van der Waals surface area contributed by atoms with Gasteiger partial charge in [-0.15, -0.1) is 0 Å². The molecular weight excluding hydrogens is 451 g/mol. The van der Waals surface area contributed by atoms with Crippen molar-refractivity contribution in [3.05, 3.63) is 0 Å². The second-order valence-corrected chi connectivity index (χ2v) is 7.15. The molecule has 0 fully saturated rings. The van der Waals surface area contributed by atoms with Gasteiger partial charge in [0.1, 0.15) is 0 Å². The molecule has 16 heavy (non-hydrogen) atoms. The van der Waals surface area contributed by atoms with Gasteiger partial charge in [0.15, 0.2) is 0 Å². The zero-order valence-corrected chi connectivity index (χ0v) is 29.2. The summed E-state index contributed by atoms with van der Waals surface area (Å²) in [5, 5.41) is 0. The maximum absolute atomic E-state index is 4.73. The molecular formula is C8H32Ge4O4. The minimum absolute atomic E-state index is 0.613. The fourth-order valence-corrected chi connectivity index (χ4v) is 0. The predicted molar refractivity (Wildman–Crippen MR) is 86.3 cm³/mol. The molecule has 0 atom stereocenters. The van der Waals surface area contributed by atoms with E-state index in [0.717, 1.165) is 26.4 Å². The zero-order valence-electron chi connectivity index (χ0n) is 12.5. The minimum atomic E-state index is 0.613. The molecule has 8 heteroatoms. The van der Waals surface area contributed by atoms with Crippen molar-refractivity contribution in [1.82, 2.24) is 0 Å². The Morgan fingerprint density at radius 1 is 0.500 bits per heavy atom. The second kappa shape index (κ2) is 43.5. The van der Waals surface area contributed by atoms with Crippen LogP contribution >= 0.6 is 0 Å². The number of rotatable bonds is 4. The molecule has 0 radical (unpaired) electrons. The average molecular weight is 483 g/mol. The van der Waals surface area contributed by atoms with E-state index in [2.05, 4.69) is 0 Å². The van der Waals surface area contributed by atoms with Gasteiger partial charge in [-0.25, -0.2) is 0 Å². The summed E-state index contributed by atoms with van der Waals surface area (Å²) in [4.78, 5) is 0. The molecule has 0 aromatic carbocycles. The van der Waals surface area contributed by atoms with E-state index < -0.39 is 0 Å². The molecule has 4 nitrogen and oxygen atoms in total.